The number of pyridine rings is 1. The van der Waals surface area contributed by atoms with Crippen LogP contribution in [-0.4, -0.2) is 26.9 Å². The number of carbonyl (C=O) groups is 1. The normalized spacial score (nSPS) is 15.9. The molecule has 1 aliphatic heterocycles. The fourth-order valence-electron chi connectivity index (χ4n) is 3.26. The first-order chi connectivity index (χ1) is 14.2. The number of aliphatic imine (C=N–C) groups is 1. The van der Waals surface area contributed by atoms with Crippen LogP contribution < -0.4 is 0 Å². The summed E-state index contributed by atoms with van der Waals surface area (Å²) in [5.74, 6) is -0.207. The predicted molar refractivity (Wildman–Crippen MR) is 103 cm³/mol. The van der Waals surface area contributed by atoms with Gasteiger partial charge >= 0.3 is 6.18 Å². The van der Waals surface area contributed by atoms with Crippen LogP contribution in [0.25, 0.3) is 5.82 Å². The average molecular weight is 435 g/mol. The molecule has 154 valence electrons. The molecular formula is C20H14ClF3N4O2. The van der Waals surface area contributed by atoms with Crippen LogP contribution in [0, 0.1) is 13.8 Å². The summed E-state index contributed by atoms with van der Waals surface area (Å²) in [6, 6.07) is 7.43. The number of rotatable bonds is 3. The van der Waals surface area contributed by atoms with Gasteiger partial charge in [0.15, 0.2) is 23.9 Å². The van der Waals surface area contributed by atoms with Crippen LogP contribution in [0.2, 0.25) is 5.02 Å². The number of hydrogen-bond acceptors (Lipinski definition) is 5. The molecule has 0 fully saturated rings. The summed E-state index contributed by atoms with van der Waals surface area (Å²) in [5, 5.41) is 3.72. The maximum atomic E-state index is 13.4. The highest BCUT2D eigenvalue weighted by molar-refractivity contribution is 6.32. The van der Waals surface area contributed by atoms with Gasteiger partial charge in [0.25, 0.3) is 0 Å². The highest BCUT2D eigenvalue weighted by atomic mass is 35.5. The van der Waals surface area contributed by atoms with Gasteiger partial charge in [0.05, 0.1) is 10.7 Å². The summed E-state index contributed by atoms with van der Waals surface area (Å²) in [6.45, 7) is 3.66. The fraction of sp³-hybridized carbons (Fsp3) is 0.200. The van der Waals surface area contributed by atoms with Crippen molar-refractivity contribution < 1.29 is 22.7 Å². The maximum Gasteiger partial charge on any atom is 0.435 e. The van der Waals surface area contributed by atoms with E-state index in [0.717, 1.165) is 21.9 Å². The summed E-state index contributed by atoms with van der Waals surface area (Å²) >= 11 is 6.13. The third-order valence-corrected chi connectivity index (χ3v) is 4.81. The van der Waals surface area contributed by atoms with Crippen LogP contribution in [0.4, 0.5) is 18.9 Å². The summed E-state index contributed by atoms with van der Waals surface area (Å²) < 4.78 is 46.8. The SMILES string of the molecule is Cc1cc(C)c2c(c1)C(C=O)OC(c1cc(C(F)(F)F)nn1-c1ncccc1Cl)=N2. The molecule has 0 aliphatic carbocycles. The zero-order valence-electron chi connectivity index (χ0n) is 15.7. The van der Waals surface area contributed by atoms with Crippen LogP contribution in [0.1, 0.15) is 34.2 Å². The van der Waals surface area contributed by atoms with Crippen molar-refractivity contribution in [2.75, 3.05) is 0 Å². The van der Waals surface area contributed by atoms with Gasteiger partial charge in [0.2, 0.25) is 5.90 Å². The number of aldehydes is 1. The molecule has 0 saturated carbocycles. The second-order valence-corrected chi connectivity index (χ2v) is 7.15. The van der Waals surface area contributed by atoms with Crippen molar-refractivity contribution in [2.45, 2.75) is 26.1 Å². The van der Waals surface area contributed by atoms with Gasteiger partial charge in [-0.1, -0.05) is 23.2 Å². The Morgan fingerprint density at radius 2 is 2.00 bits per heavy atom. The minimum absolute atomic E-state index is 0.0231. The van der Waals surface area contributed by atoms with Crippen molar-refractivity contribution in [3.63, 3.8) is 0 Å². The van der Waals surface area contributed by atoms with E-state index in [1.807, 2.05) is 13.0 Å². The molecule has 1 unspecified atom stereocenters. The summed E-state index contributed by atoms with van der Waals surface area (Å²) in [5.41, 5.74) is 1.39. The Kier molecular flexibility index (Phi) is 4.85. The molecule has 30 heavy (non-hydrogen) atoms. The van der Waals surface area contributed by atoms with Crippen molar-refractivity contribution in [3.05, 3.63) is 69.6 Å². The Bertz CT molecular complexity index is 1190. The number of benzene rings is 1. The van der Waals surface area contributed by atoms with Gasteiger partial charge in [-0.3, -0.25) is 4.79 Å². The number of ether oxygens (including phenoxy) is 1. The number of hydrogen-bond donors (Lipinski definition) is 0. The van der Waals surface area contributed by atoms with Gasteiger partial charge in [-0.2, -0.15) is 18.3 Å². The van der Waals surface area contributed by atoms with E-state index >= 15 is 0 Å². The first-order valence-corrected chi connectivity index (χ1v) is 9.17. The molecule has 3 aromatic rings. The molecule has 4 rings (SSSR count). The lowest BCUT2D eigenvalue weighted by Gasteiger charge is -2.24. The lowest BCUT2D eigenvalue weighted by molar-refractivity contribution is -0.141. The molecule has 10 heteroatoms. The molecule has 0 bridgehead atoms. The number of carbonyl (C=O) groups excluding carboxylic acids is 1. The lowest BCUT2D eigenvalue weighted by atomic mass is 9.99. The Morgan fingerprint density at radius 1 is 1.23 bits per heavy atom. The molecule has 1 aliphatic rings. The van der Waals surface area contributed by atoms with Gasteiger partial charge in [-0.25, -0.2) is 14.7 Å². The summed E-state index contributed by atoms with van der Waals surface area (Å²) in [4.78, 5) is 20.1. The molecule has 0 N–H and O–H groups in total. The van der Waals surface area contributed by atoms with Crippen molar-refractivity contribution in [2.24, 2.45) is 4.99 Å². The second kappa shape index (κ2) is 7.24. The first-order valence-electron chi connectivity index (χ1n) is 8.79. The largest absolute Gasteiger partial charge is 0.460 e. The van der Waals surface area contributed by atoms with Crippen molar-refractivity contribution in [1.82, 2.24) is 14.8 Å². The topological polar surface area (TPSA) is 69.4 Å². The van der Waals surface area contributed by atoms with E-state index in [2.05, 4.69) is 15.1 Å². The van der Waals surface area contributed by atoms with Crippen LogP contribution in [-0.2, 0) is 15.7 Å². The molecule has 1 atom stereocenters. The van der Waals surface area contributed by atoms with E-state index in [1.165, 1.54) is 12.3 Å². The Morgan fingerprint density at radius 3 is 2.67 bits per heavy atom. The quantitative estimate of drug-likeness (QED) is 0.549. The molecular weight excluding hydrogens is 421 g/mol. The monoisotopic (exact) mass is 434 g/mol. The Balaban J connectivity index is 1.96. The Labute approximate surface area is 174 Å². The predicted octanol–water partition coefficient (Wildman–Crippen LogP) is 4.90. The molecule has 0 radical (unpaired) electrons. The van der Waals surface area contributed by atoms with Gasteiger partial charge in [-0.05, 0) is 37.6 Å². The van der Waals surface area contributed by atoms with E-state index in [4.69, 9.17) is 16.3 Å². The first kappa shape index (κ1) is 20.1. The standard InChI is InChI=1S/C20H14ClF3N4O2/c1-10-6-11(2)17-12(7-10)15(9-29)30-19(26-17)14-8-16(20(22,23)24)27-28(14)18-13(21)4-3-5-25-18/h3-9,15H,1-2H3. The molecule has 6 nitrogen and oxygen atoms in total. The number of nitrogens with zero attached hydrogens (tertiary/aromatic N) is 4. The third kappa shape index (κ3) is 3.45. The average Bonchev–Trinajstić information content (AvgIpc) is 3.13. The number of alkyl halides is 3. The summed E-state index contributed by atoms with van der Waals surface area (Å²) in [7, 11) is 0. The molecule has 1 aromatic carbocycles. The van der Waals surface area contributed by atoms with Gasteiger partial charge in [-0.15, -0.1) is 0 Å². The fourth-order valence-corrected chi connectivity index (χ4v) is 3.46. The minimum atomic E-state index is -4.72. The number of halogens is 4. The highest BCUT2D eigenvalue weighted by Gasteiger charge is 2.37. The van der Waals surface area contributed by atoms with E-state index in [-0.39, 0.29) is 22.4 Å². The van der Waals surface area contributed by atoms with E-state index in [9.17, 15) is 18.0 Å². The number of fused-ring (bicyclic) bond motifs is 1. The van der Waals surface area contributed by atoms with Crippen LogP contribution in [0.15, 0.2) is 41.5 Å². The zero-order chi connectivity index (χ0) is 21.6. The van der Waals surface area contributed by atoms with Gasteiger partial charge < -0.3 is 4.74 Å². The lowest BCUT2D eigenvalue weighted by Crippen LogP contribution is -2.21. The van der Waals surface area contributed by atoms with Crippen molar-refractivity contribution in [3.8, 4) is 5.82 Å². The van der Waals surface area contributed by atoms with Crippen LogP contribution in [0.3, 0.4) is 0 Å². The number of aromatic nitrogens is 3. The van der Waals surface area contributed by atoms with Crippen LogP contribution in [0.5, 0.6) is 0 Å². The summed E-state index contributed by atoms with van der Waals surface area (Å²) in [6.07, 6.45) is -3.79. The maximum absolute atomic E-state index is 13.4. The van der Waals surface area contributed by atoms with Gasteiger partial charge in [0, 0.05) is 17.8 Å². The van der Waals surface area contributed by atoms with E-state index in [1.54, 1.807) is 19.1 Å². The highest BCUT2D eigenvalue weighted by Crippen LogP contribution is 2.38. The third-order valence-electron chi connectivity index (χ3n) is 4.51. The molecule has 0 saturated heterocycles. The second-order valence-electron chi connectivity index (χ2n) is 6.74. The molecule has 0 amide bonds. The zero-order valence-corrected chi connectivity index (χ0v) is 16.5. The molecule has 0 spiro atoms. The molecule has 2 aromatic heterocycles. The smallest absolute Gasteiger partial charge is 0.435 e. The van der Waals surface area contributed by atoms with Gasteiger partial charge in [0.1, 0.15) is 5.69 Å². The number of aryl methyl sites for hydroxylation is 2. The minimum Gasteiger partial charge on any atom is -0.460 e. The van der Waals surface area contributed by atoms with Crippen molar-refractivity contribution >= 4 is 29.5 Å². The molecule has 3 heterocycles. The van der Waals surface area contributed by atoms with Crippen molar-refractivity contribution in [1.29, 1.82) is 0 Å². The van der Waals surface area contributed by atoms with E-state index < -0.39 is 18.0 Å². The Hall–Kier alpha value is -3.20. The van der Waals surface area contributed by atoms with E-state index in [0.29, 0.717) is 17.5 Å². The van der Waals surface area contributed by atoms with Crippen LogP contribution >= 0.6 is 11.6 Å².